The van der Waals surface area contributed by atoms with Crippen LogP contribution in [0.25, 0.3) is 0 Å². The van der Waals surface area contributed by atoms with Crippen LogP contribution in [0.15, 0.2) is 12.1 Å². The van der Waals surface area contributed by atoms with Gasteiger partial charge in [-0.15, -0.1) is 0 Å². The van der Waals surface area contributed by atoms with Gasteiger partial charge in [0.25, 0.3) is 5.78 Å². The summed E-state index contributed by atoms with van der Waals surface area (Å²) in [5.41, 5.74) is -0.526. The van der Waals surface area contributed by atoms with Crippen molar-refractivity contribution in [2.24, 2.45) is 0 Å². The van der Waals surface area contributed by atoms with Crippen molar-refractivity contribution >= 4 is 23.4 Å². The Morgan fingerprint density at radius 3 is 2.44 bits per heavy atom. The number of Topliss-reactive ketones (excluding diaryl/α,β-unsaturated/α-hetero) is 1. The third-order valence-corrected chi connectivity index (χ3v) is 2.17. The molecular formula is C10H8ClFO4. The van der Waals surface area contributed by atoms with E-state index in [1.54, 1.807) is 0 Å². The second kappa shape index (κ2) is 4.94. The number of benzene rings is 1. The van der Waals surface area contributed by atoms with Gasteiger partial charge in [0.1, 0.15) is 11.3 Å². The minimum atomic E-state index is -1.18. The molecule has 0 amide bonds. The van der Waals surface area contributed by atoms with Gasteiger partial charge in [-0.05, 0) is 12.1 Å². The van der Waals surface area contributed by atoms with Gasteiger partial charge >= 0.3 is 5.97 Å². The summed E-state index contributed by atoms with van der Waals surface area (Å²) in [5, 5.41) is -0.270. The van der Waals surface area contributed by atoms with E-state index in [4.69, 9.17) is 16.3 Å². The minimum Gasteiger partial charge on any atom is -0.496 e. The van der Waals surface area contributed by atoms with Crippen molar-refractivity contribution in [3.63, 3.8) is 0 Å². The van der Waals surface area contributed by atoms with Crippen LogP contribution in [0, 0.1) is 5.82 Å². The number of halogens is 2. The number of hydrogen-bond donors (Lipinski definition) is 0. The van der Waals surface area contributed by atoms with Gasteiger partial charge < -0.3 is 9.47 Å². The molecule has 0 aliphatic heterocycles. The van der Waals surface area contributed by atoms with E-state index in [-0.39, 0.29) is 10.8 Å². The van der Waals surface area contributed by atoms with Gasteiger partial charge in [-0.3, -0.25) is 4.79 Å². The lowest BCUT2D eigenvalue weighted by Crippen LogP contribution is -2.18. The number of methoxy groups -OCH3 is 2. The van der Waals surface area contributed by atoms with Crippen molar-refractivity contribution in [3.8, 4) is 5.75 Å². The lowest BCUT2D eigenvalue weighted by molar-refractivity contribution is -0.135. The Labute approximate surface area is 95.9 Å². The normalized spacial score (nSPS) is 9.75. The molecule has 0 radical (unpaired) electrons. The molecule has 0 fully saturated rings. The van der Waals surface area contributed by atoms with Crippen LogP contribution in [-0.2, 0) is 9.53 Å². The van der Waals surface area contributed by atoms with Crippen molar-refractivity contribution in [1.82, 2.24) is 0 Å². The molecule has 0 aliphatic carbocycles. The van der Waals surface area contributed by atoms with E-state index in [9.17, 15) is 14.0 Å². The number of rotatable bonds is 3. The van der Waals surface area contributed by atoms with Crippen molar-refractivity contribution in [1.29, 1.82) is 0 Å². The second-order valence-corrected chi connectivity index (χ2v) is 3.17. The van der Waals surface area contributed by atoms with Crippen LogP contribution in [-0.4, -0.2) is 26.0 Å². The smallest absolute Gasteiger partial charge is 0.379 e. The topological polar surface area (TPSA) is 52.6 Å². The van der Waals surface area contributed by atoms with Gasteiger partial charge in [-0.25, -0.2) is 9.18 Å². The van der Waals surface area contributed by atoms with Crippen molar-refractivity contribution in [2.45, 2.75) is 0 Å². The monoisotopic (exact) mass is 246 g/mol. The average molecular weight is 247 g/mol. The predicted octanol–water partition coefficient (Wildman–Crippen LogP) is 1.84. The van der Waals surface area contributed by atoms with Crippen LogP contribution < -0.4 is 4.74 Å². The molecular weight excluding hydrogens is 239 g/mol. The fourth-order valence-electron chi connectivity index (χ4n) is 1.11. The Hall–Kier alpha value is -1.62. The van der Waals surface area contributed by atoms with Crippen LogP contribution >= 0.6 is 11.6 Å². The summed E-state index contributed by atoms with van der Waals surface area (Å²) in [4.78, 5) is 22.5. The first kappa shape index (κ1) is 12.4. The number of carbonyl (C=O) groups excluding carboxylic acids is 2. The van der Waals surface area contributed by atoms with E-state index < -0.39 is 23.1 Å². The van der Waals surface area contributed by atoms with Crippen LogP contribution in [0.2, 0.25) is 5.02 Å². The molecule has 1 aromatic carbocycles. The quantitative estimate of drug-likeness (QED) is 0.464. The van der Waals surface area contributed by atoms with E-state index in [1.807, 2.05) is 0 Å². The second-order valence-electron chi connectivity index (χ2n) is 2.76. The molecule has 0 saturated heterocycles. The molecule has 0 unspecified atom stereocenters. The van der Waals surface area contributed by atoms with Gasteiger partial charge in [0.2, 0.25) is 0 Å². The Balaban J connectivity index is 3.35. The van der Waals surface area contributed by atoms with Crippen LogP contribution in [0.4, 0.5) is 4.39 Å². The van der Waals surface area contributed by atoms with E-state index in [1.165, 1.54) is 19.2 Å². The maximum Gasteiger partial charge on any atom is 0.379 e. The highest BCUT2D eigenvalue weighted by Crippen LogP contribution is 2.27. The molecule has 0 bridgehead atoms. The standard InChI is InChI=1S/C10H8ClFO4/c1-15-6-4-3-5(11)8(12)7(6)9(13)10(14)16-2/h3-4H,1-2H3. The third-order valence-electron chi connectivity index (χ3n) is 1.87. The Bertz CT molecular complexity index is 445. The Morgan fingerprint density at radius 1 is 1.31 bits per heavy atom. The summed E-state index contributed by atoms with van der Waals surface area (Å²) < 4.78 is 22.5. The lowest BCUT2D eigenvalue weighted by Gasteiger charge is -2.08. The Morgan fingerprint density at radius 2 is 1.94 bits per heavy atom. The highest BCUT2D eigenvalue weighted by Gasteiger charge is 2.26. The highest BCUT2D eigenvalue weighted by molar-refractivity contribution is 6.42. The molecule has 0 saturated carbocycles. The minimum absolute atomic E-state index is 0.0719. The summed E-state index contributed by atoms with van der Waals surface area (Å²) in [6.45, 7) is 0. The predicted molar refractivity (Wildman–Crippen MR) is 54.3 cm³/mol. The zero-order valence-electron chi connectivity index (χ0n) is 8.54. The SMILES string of the molecule is COC(=O)C(=O)c1c(OC)ccc(Cl)c1F. The number of esters is 1. The highest BCUT2D eigenvalue weighted by atomic mass is 35.5. The van der Waals surface area contributed by atoms with E-state index in [2.05, 4.69) is 4.74 Å². The molecule has 0 aromatic heterocycles. The van der Waals surface area contributed by atoms with Gasteiger partial charge in [-0.1, -0.05) is 11.6 Å². The first-order valence-corrected chi connectivity index (χ1v) is 4.55. The lowest BCUT2D eigenvalue weighted by atomic mass is 10.1. The average Bonchev–Trinajstić information content (AvgIpc) is 2.30. The zero-order valence-corrected chi connectivity index (χ0v) is 9.30. The number of hydrogen-bond acceptors (Lipinski definition) is 4. The summed E-state index contributed by atoms with van der Waals surface area (Å²) in [5.74, 6) is -3.40. The molecule has 0 atom stereocenters. The molecule has 1 aromatic rings. The van der Waals surface area contributed by atoms with E-state index in [0.29, 0.717) is 0 Å². The van der Waals surface area contributed by atoms with E-state index in [0.717, 1.165) is 7.11 Å². The maximum atomic E-state index is 13.6. The van der Waals surface area contributed by atoms with Crippen molar-refractivity contribution < 1.29 is 23.5 Å². The fraction of sp³-hybridized carbons (Fsp3) is 0.200. The molecule has 0 spiro atoms. The summed E-state index contributed by atoms with van der Waals surface area (Å²) in [6, 6.07) is 2.52. The summed E-state index contributed by atoms with van der Waals surface area (Å²) in [7, 11) is 2.27. The summed E-state index contributed by atoms with van der Waals surface area (Å²) in [6.07, 6.45) is 0. The van der Waals surface area contributed by atoms with Crippen LogP contribution in [0.1, 0.15) is 10.4 Å². The van der Waals surface area contributed by atoms with Crippen LogP contribution in [0.5, 0.6) is 5.75 Å². The van der Waals surface area contributed by atoms with Gasteiger partial charge in [0.15, 0.2) is 5.82 Å². The first-order valence-electron chi connectivity index (χ1n) is 4.17. The molecule has 0 heterocycles. The molecule has 86 valence electrons. The van der Waals surface area contributed by atoms with E-state index >= 15 is 0 Å². The molecule has 16 heavy (non-hydrogen) atoms. The number of ketones is 1. The third kappa shape index (κ3) is 2.14. The first-order chi connectivity index (χ1) is 7.52. The maximum absolute atomic E-state index is 13.6. The van der Waals surface area contributed by atoms with Crippen molar-refractivity contribution in [2.75, 3.05) is 14.2 Å². The largest absolute Gasteiger partial charge is 0.496 e. The molecule has 6 heteroatoms. The molecule has 1 rings (SSSR count). The number of carbonyl (C=O) groups is 2. The summed E-state index contributed by atoms with van der Waals surface area (Å²) >= 11 is 5.50. The molecule has 0 N–H and O–H groups in total. The fourth-order valence-corrected chi connectivity index (χ4v) is 1.27. The Kier molecular flexibility index (Phi) is 3.84. The van der Waals surface area contributed by atoms with Gasteiger partial charge in [0, 0.05) is 0 Å². The molecule has 4 nitrogen and oxygen atoms in total. The zero-order chi connectivity index (χ0) is 12.3. The van der Waals surface area contributed by atoms with Gasteiger partial charge in [-0.2, -0.15) is 0 Å². The number of ether oxygens (including phenoxy) is 2. The molecule has 0 aliphatic rings. The van der Waals surface area contributed by atoms with Gasteiger partial charge in [0.05, 0.1) is 19.2 Å². The van der Waals surface area contributed by atoms with Crippen molar-refractivity contribution in [3.05, 3.63) is 28.5 Å². The van der Waals surface area contributed by atoms with Crippen LogP contribution in [0.3, 0.4) is 0 Å².